The van der Waals surface area contributed by atoms with Crippen LogP contribution in [0.15, 0.2) is 34.7 Å². The van der Waals surface area contributed by atoms with Crippen LogP contribution in [0.2, 0.25) is 0 Å². The summed E-state index contributed by atoms with van der Waals surface area (Å²) in [4.78, 5) is 12.8. The smallest absolute Gasteiger partial charge is 0.251 e. The lowest BCUT2D eigenvalue weighted by Crippen LogP contribution is -2.36. The molecule has 25 heavy (non-hydrogen) atoms. The van der Waals surface area contributed by atoms with Crippen molar-refractivity contribution in [3.05, 3.63) is 58.5 Å². The molecular weight excluding hydrogens is 334 g/mol. The Balaban J connectivity index is 1.82. The van der Waals surface area contributed by atoms with Gasteiger partial charge in [-0.25, -0.2) is 0 Å². The lowest BCUT2D eigenvalue weighted by Gasteiger charge is -2.34. The summed E-state index contributed by atoms with van der Waals surface area (Å²) in [5.41, 5.74) is 2.69. The highest BCUT2D eigenvalue weighted by Gasteiger charge is 2.35. The van der Waals surface area contributed by atoms with Gasteiger partial charge >= 0.3 is 0 Å². The molecule has 0 fully saturated rings. The normalized spacial score (nSPS) is 19.9. The fourth-order valence-corrected chi connectivity index (χ4v) is 4.24. The third-order valence-electron chi connectivity index (χ3n) is 4.60. The van der Waals surface area contributed by atoms with Crippen molar-refractivity contribution < 1.29 is 13.4 Å². The molecule has 5 heteroatoms. The number of nitrogens with one attached hydrogen (secondary N) is 1. The third kappa shape index (κ3) is 4.21. The van der Waals surface area contributed by atoms with Crippen LogP contribution in [0.4, 0.5) is 0 Å². The lowest BCUT2D eigenvalue weighted by atomic mass is 9.74. The number of rotatable bonds is 4. The van der Waals surface area contributed by atoms with Gasteiger partial charge in [0.1, 0.15) is 11.5 Å². The molecule has 3 rings (SSSR count). The van der Waals surface area contributed by atoms with E-state index in [0.717, 1.165) is 35.5 Å². The Bertz CT molecular complexity index is 822. The number of amides is 1. The Morgan fingerprint density at radius 1 is 1.36 bits per heavy atom. The van der Waals surface area contributed by atoms with Crippen LogP contribution in [0.1, 0.15) is 59.3 Å². The quantitative estimate of drug-likeness (QED) is 0.900. The maximum absolute atomic E-state index is 12.8. The van der Waals surface area contributed by atoms with Crippen molar-refractivity contribution >= 4 is 16.7 Å². The Morgan fingerprint density at radius 2 is 2.12 bits per heavy atom. The molecule has 1 N–H and O–H groups in total. The zero-order valence-corrected chi connectivity index (χ0v) is 16.0. The molecule has 0 saturated heterocycles. The minimum atomic E-state index is -0.926. The van der Waals surface area contributed by atoms with Crippen LogP contribution in [0.3, 0.4) is 0 Å². The molecule has 1 aliphatic rings. The van der Waals surface area contributed by atoms with E-state index in [9.17, 15) is 9.00 Å². The third-order valence-corrected chi connectivity index (χ3v) is 5.34. The first-order valence-electron chi connectivity index (χ1n) is 8.52. The molecule has 1 aromatic carbocycles. The number of carbonyl (C=O) groups excluding carboxylic acids is 1. The number of carbonyl (C=O) groups is 1. The number of fused-ring (bicyclic) bond motifs is 1. The van der Waals surface area contributed by atoms with Gasteiger partial charge < -0.3 is 9.73 Å². The second kappa shape index (κ2) is 6.79. The Hall–Kier alpha value is -1.88. The minimum absolute atomic E-state index is 0.0485. The monoisotopic (exact) mass is 359 g/mol. The van der Waals surface area contributed by atoms with E-state index in [4.69, 9.17) is 4.42 Å². The van der Waals surface area contributed by atoms with E-state index in [2.05, 4.69) is 19.2 Å². The van der Waals surface area contributed by atoms with Crippen LogP contribution in [0.5, 0.6) is 0 Å². The average molecular weight is 359 g/mol. The van der Waals surface area contributed by atoms with E-state index in [1.807, 2.05) is 31.2 Å². The molecule has 2 aromatic rings. The van der Waals surface area contributed by atoms with E-state index in [1.165, 1.54) is 0 Å². The van der Waals surface area contributed by atoms with E-state index >= 15 is 0 Å². The van der Waals surface area contributed by atoms with Crippen LogP contribution in [-0.4, -0.2) is 16.4 Å². The second-order valence-electron chi connectivity index (χ2n) is 7.72. The highest BCUT2D eigenvalue weighted by molar-refractivity contribution is 7.83. The molecule has 0 saturated carbocycles. The van der Waals surface area contributed by atoms with Gasteiger partial charge in [-0.15, -0.1) is 0 Å². The number of benzene rings is 1. The molecule has 1 amide bonds. The van der Waals surface area contributed by atoms with Gasteiger partial charge in [-0.05, 0) is 42.5 Å². The summed E-state index contributed by atoms with van der Waals surface area (Å²) in [5.74, 6) is 2.22. The van der Waals surface area contributed by atoms with Gasteiger partial charge in [0.15, 0.2) is 0 Å². The highest BCUT2D eigenvalue weighted by Crippen LogP contribution is 2.42. The standard InChI is InChI=1S/C20H25NO3S/c1-13-8-16-17(10-20(2,3)11-18(16)24-13)21-19(22)15-7-5-6-14(9-15)12-25(4)23/h5-9,17H,10-12H2,1-4H3,(H,21,22)/t17-,25+/m0/s1. The molecular formula is C20H25NO3S. The van der Waals surface area contributed by atoms with E-state index in [-0.39, 0.29) is 17.4 Å². The van der Waals surface area contributed by atoms with E-state index in [1.54, 1.807) is 12.3 Å². The summed E-state index contributed by atoms with van der Waals surface area (Å²) in [7, 11) is -0.926. The molecule has 134 valence electrons. The summed E-state index contributed by atoms with van der Waals surface area (Å²) in [6.07, 6.45) is 3.43. The van der Waals surface area contributed by atoms with Gasteiger partial charge in [0.05, 0.1) is 6.04 Å². The molecule has 1 aromatic heterocycles. The van der Waals surface area contributed by atoms with Crippen molar-refractivity contribution in [1.82, 2.24) is 5.32 Å². The van der Waals surface area contributed by atoms with Crippen LogP contribution in [0, 0.1) is 12.3 Å². The summed E-state index contributed by atoms with van der Waals surface area (Å²) >= 11 is 0. The molecule has 0 aliphatic heterocycles. The summed E-state index contributed by atoms with van der Waals surface area (Å²) in [6.45, 7) is 6.34. The molecule has 0 bridgehead atoms. The number of furan rings is 1. The lowest BCUT2D eigenvalue weighted by molar-refractivity contribution is 0.0917. The van der Waals surface area contributed by atoms with Crippen LogP contribution >= 0.6 is 0 Å². The number of hydrogen-bond donors (Lipinski definition) is 1. The van der Waals surface area contributed by atoms with Crippen LogP contribution in [0.25, 0.3) is 0 Å². The number of hydrogen-bond acceptors (Lipinski definition) is 3. The van der Waals surface area contributed by atoms with E-state index in [0.29, 0.717) is 11.3 Å². The topological polar surface area (TPSA) is 59.3 Å². The zero-order chi connectivity index (χ0) is 18.2. The van der Waals surface area contributed by atoms with Crippen molar-refractivity contribution in [2.45, 2.75) is 45.4 Å². The minimum Gasteiger partial charge on any atom is -0.466 e. The van der Waals surface area contributed by atoms with Crippen molar-refractivity contribution in [3.63, 3.8) is 0 Å². The van der Waals surface area contributed by atoms with Crippen molar-refractivity contribution in [3.8, 4) is 0 Å². The molecule has 4 nitrogen and oxygen atoms in total. The molecule has 1 aliphatic carbocycles. The number of aryl methyl sites for hydroxylation is 1. The van der Waals surface area contributed by atoms with Gasteiger partial charge in [-0.3, -0.25) is 9.00 Å². The maximum atomic E-state index is 12.8. The van der Waals surface area contributed by atoms with E-state index < -0.39 is 10.8 Å². The predicted octanol–water partition coefficient (Wildman–Crippen LogP) is 3.91. The summed E-state index contributed by atoms with van der Waals surface area (Å²) < 4.78 is 17.3. The molecule has 0 radical (unpaired) electrons. The largest absolute Gasteiger partial charge is 0.466 e. The first kappa shape index (κ1) is 17.9. The average Bonchev–Trinajstić information content (AvgIpc) is 2.85. The molecule has 2 atom stereocenters. The molecule has 1 heterocycles. The summed E-state index contributed by atoms with van der Waals surface area (Å²) in [5, 5.41) is 3.17. The van der Waals surface area contributed by atoms with Crippen molar-refractivity contribution in [2.75, 3.05) is 6.26 Å². The van der Waals surface area contributed by atoms with Crippen molar-refractivity contribution in [1.29, 1.82) is 0 Å². The first-order valence-corrected chi connectivity index (χ1v) is 10.3. The Morgan fingerprint density at radius 3 is 2.84 bits per heavy atom. The first-order chi connectivity index (χ1) is 11.7. The Kier molecular flexibility index (Phi) is 4.87. The van der Waals surface area contributed by atoms with Crippen LogP contribution in [-0.2, 0) is 23.0 Å². The molecule has 0 unspecified atom stereocenters. The second-order valence-corrected chi connectivity index (χ2v) is 9.16. The van der Waals surface area contributed by atoms with Gasteiger partial charge in [0.25, 0.3) is 5.91 Å². The van der Waals surface area contributed by atoms with Gasteiger partial charge in [-0.1, -0.05) is 26.0 Å². The van der Waals surface area contributed by atoms with Crippen molar-refractivity contribution in [2.24, 2.45) is 5.41 Å². The molecule has 0 spiro atoms. The van der Waals surface area contributed by atoms with Gasteiger partial charge in [0.2, 0.25) is 0 Å². The fraction of sp³-hybridized carbons (Fsp3) is 0.450. The predicted molar refractivity (Wildman–Crippen MR) is 100.0 cm³/mol. The maximum Gasteiger partial charge on any atom is 0.251 e. The summed E-state index contributed by atoms with van der Waals surface area (Å²) in [6, 6.07) is 9.35. The zero-order valence-electron chi connectivity index (χ0n) is 15.2. The van der Waals surface area contributed by atoms with Crippen LogP contribution < -0.4 is 5.32 Å². The Labute approximate surface area is 151 Å². The SMILES string of the molecule is Cc1cc2c(o1)CC(C)(C)C[C@@H]2NC(=O)c1cccc(C[S@@](C)=O)c1. The van der Waals surface area contributed by atoms with Gasteiger partial charge in [0, 0.05) is 40.4 Å². The highest BCUT2D eigenvalue weighted by atomic mass is 32.2. The fourth-order valence-electron chi connectivity index (χ4n) is 3.59. The van der Waals surface area contributed by atoms with Gasteiger partial charge in [-0.2, -0.15) is 0 Å².